The summed E-state index contributed by atoms with van der Waals surface area (Å²) in [5.41, 5.74) is -1.31. The van der Waals surface area contributed by atoms with Gasteiger partial charge in [0.15, 0.2) is 0 Å². The SMILES string of the molecule is C=CC1C[N+]2(Cc3cc(C(F)(F)F)cc(C(F)(F)F)c3)CCC1CC2[C@H](O)c1ccnc2ccccc12.[Br-]. The van der Waals surface area contributed by atoms with E-state index in [0.29, 0.717) is 30.6 Å². The highest BCUT2D eigenvalue weighted by Gasteiger charge is 2.54. The average molecular weight is 601 g/mol. The Morgan fingerprint density at radius 1 is 1.03 bits per heavy atom. The number of quaternary nitrogens is 1. The van der Waals surface area contributed by atoms with Crippen molar-refractivity contribution in [2.24, 2.45) is 11.8 Å². The Morgan fingerprint density at radius 2 is 1.68 bits per heavy atom. The van der Waals surface area contributed by atoms with Gasteiger partial charge in [-0.25, -0.2) is 0 Å². The number of aliphatic hydroxyl groups excluding tert-OH is 1. The van der Waals surface area contributed by atoms with Gasteiger partial charge in [0.1, 0.15) is 18.7 Å². The molecule has 3 aliphatic rings. The van der Waals surface area contributed by atoms with Gasteiger partial charge in [-0.15, -0.1) is 6.58 Å². The zero-order valence-corrected chi connectivity index (χ0v) is 21.9. The van der Waals surface area contributed by atoms with E-state index < -0.39 is 35.6 Å². The summed E-state index contributed by atoms with van der Waals surface area (Å²) in [6.07, 6.45) is -5.99. The van der Waals surface area contributed by atoms with Crippen LogP contribution < -0.4 is 17.0 Å². The molecule has 38 heavy (non-hydrogen) atoms. The largest absolute Gasteiger partial charge is 1.00 e. The van der Waals surface area contributed by atoms with Crippen molar-refractivity contribution in [2.45, 2.75) is 43.9 Å². The van der Waals surface area contributed by atoms with E-state index in [9.17, 15) is 31.4 Å². The van der Waals surface area contributed by atoms with Crippen LogP contribution in [0.1, 0.15) is 41.2 Å². The van der Waals surface area contributed by atoms with Crippen LogP contribution >= 0.6 is 0 Å². The van der Waals surface area contributed by atoms with Gasteiger partial charge in [-0.05, 0) is 41.8 Å². The summed E-state index contributed by atoms with van der Waals surface area (Å²) >= 11 is 0. The van der Waals surface area contributed by atoms with Gasteiger partial charge in [0.05, 0.1) is 29.7 Å². The summed E-state index contributed by atoms with van der Waals surface area (Å²) in [5, 5.41) is 12.5. The molecular weight excluding hydrogens is 574 g/mol. The predicted octanol–water partition coefficient (Wildman–Crippen LogP) is 3.92. The van der Waals surface area contributed by atoms with Crippen molar-refractivity contribution in [3.8, 4) is 0 Å². The van der Waals surface area contributed by atoms with Crippen LogP contribution in [0.3, 0.4) is 0 Å². The fourth-order valence-electron chi connectivity index (χ4n) is 6.44. The van der Waals surface area contributed by atoms with Crippen molar-refractivity contribution in [1.29, 1.82) is 0 Å². The van der Waals surface area contributed by atoms with Gasteiger partial charge < -0.3 is 26.6 Å². The molecule has 0 radical (unpaired) electrons. The van der Waals surface area contributed by atoms with E-state index in [1.807, 2.05) is 30.3 Å². The van der Waals surface area contributed by atoms with E-state index in [1.54, 1.807) is 12.3 Å². The van der Waals surface area contributed by atoms with E-state index in [2.05, 4.69) is 11.6 Å². The number of alkyl halides is 6. The van der Waals surface area contributed by atoms with Gasteiger partial charge in [0.2, 0.25) is 0 Å². The summed E-state index contributed by atoms with van der Waals surface area (Å²) in [5.74, 6) is 0.316. The molecule has 0 saturated carbocycles. The molecule has 4 heterocycles. The Labute approximate surface area is 227 Å². The van der Waals surface area contributed by atoms with Crippen LogP contribution in [0, 0.1) is 11.8 Å². The minimum absolute atomic E-state index is 0. The van der Waals surface area contributed by atoms with Crippen LogP contribution in [0.2, 0.25) is 0 Å². The number of para-hydroxylation sites is 1. The van der Waals surface area contributed by atoms with E-state index in [1.165, 1.54) is 0 Å². The molecule has 1 aromatic heterocycles. The third kappa shape index (κ3) is 5.22. The number of halogens is 7. The minimum atomic E-state index is -4.91. The number of pyridine rings is 1. The van der Waals surface area contributed by atoms with E-state index in [4.69, 9.17) is 0 Å². The second kappa shape index (κ2) is 10.3. The van der Waals surface area contributed by atoms with Crippen molar-refractivity contribution in [3.05, 3.63) is 89.6 Å². The maximum atomic E-state index is 13.6. The molecule has 3 fully saturated rings. The van der Waals surface area contributed by atoms with Crippen LogP contribution in [0.25, 0.3) is 10.9 Å². The molecule has 1 N–H and O–H groups in total. The third-order valence-corrected chi connectivity index (χ3v) is 8.19. The summed E-state index contributed by atoms with van der Waals surface area (Å²) in [6.45, 7) is 4.93. The van der Waals surface area contributed by atoms with Crippen molar-refractivity contribution >= 4 is 10.9 Å². The Kier molecular flexibility index (Phi) is 7.73. The highest BCUT2D eigenvalue weighted by molar-refractivity contribution is 5.82. The standard InChI is InChI=1S/C28H27F6N2O.BrH/c1-2-18-16-36(15-17-11-20(27(29,30)31)14-21(12-17)28(32,33)34)10-8-19(18)13-25(36)26(37)23-7-9-35-24-6-4-3-5-22(23)24;/h2-7,9,11-12,14,18-19,25-26,37H,1,8,10,13,15-16H2;1H/q+1;/p-1/t18?,19?,25?,26-,36?;/m1./s1. The molecule has 3 aliphatic heterocycles. The zero-order valence-electron chi connectivity index (χ0n) is 20.3. The predicted molar refractivity (Wildman–Crippen MR) is 127 cm³/mol. The van der Waals surface area contributed by atoms with Crippen molar-refractivity contribution in [2.75, 3.05) is 13.1 Å². The first-order valence-electron chi connectivity index (χ1n) is 12.2. The number of rotatable bonds is 5. The lowest BCUT2D eigenvalue weighted by molar-refractivity contribution is -0.984. The fraction of sp³-hybridized carbons (Fsp3) is 0.393. The number of benzene rings is 2. The van der Waals surface area contributed by atoms with Crippen molar-refractivity contribution < 1.29 is 52.9 Å². The van der Waals surface area contributed by atoms with Crippen LogP contribution in [-0.2, 0) is 18.9 Å². The molecule has 2 bridgehead atoms. The smallest absolute Gasteiger partial charge is 0.416 e. The highest BCUT2D eigenvalue weighted by Crippen LogP contribution is 2.48. The third-order valence-electron chi connectivity index (χ3n) is 8.19. The Hall–Kier alpha value is -2.43. The maximum Gasteiger partial charge on any atom is 0.416 e. The molecule has 3 nitrogen and oxygen atoms in total. The molecule has 0 amide bonds. The van der Waals surface area contributed by atoms with Crippen LogP contribution in [0.15, 0.2) is 67.4 Å². The molecule has 10 heteroatoms. The molecule has 6 rings (SSSR count). The van der Waals surface area contributed by atoms with Gasteiger partial charge in [-0.1, -0.05) is 24.3 Å². The number of fused-ring (bicyclic) bond motifs is 4. The average Bonchev–Trinajstić information content (AvgIpc) is 2.86. The van der Waals surface area contributed by atoms with Crippen LogP contribution in [0.5, 0.6) is 0 Å². The lowest BCUT2D eigenvalue weighted by atomic mass is 9.71. The summed E-state index contributed by atoms with van der Waals surface area (Å²) < 4.78 is 81.6. The second-order valence-corrected chi connectivity index (χ2v) is 10.3. The highest BCUT2D eigenvalue weighted by atomic mass is 79.9. The first kappa shape index (κ1) is 28.6. The first-order chi connectivity index (χ1) is 17.4. The van der Waals surface area contributed by atoms with Gasteiger partial charge in [0.25, 0.3) is 0 Å². The molecule has 4 unspecified atom stereocenters. The lowest BCUT2D eigenvalue weighted by Gasteiger charge is -2.58. The second-order valence-electron chi connectivity index (χ2n) is 10.3. The summed E-state index contributed by atoms with van der Waals surface area (Å²) in [6, 6.07) is 10.5. The normalized spacial score (nSPS) is 26.1. The quantitative estimate of drug-likeness (QED) is 0.274. The monoisotopic (exact) mass is 600 g/mol. The van der Waals surface area contributed by atoms with Crippen molar-refractivity contribution in [1.82, 2.24) is 4.98 Å². The minimum Gasteiger partial charge on any atom is -1.00 e. The number of aromatic nitrogens is 1. The van der Waals surface area contributed by atoms with E-state index in [0.717, 1.165) is 23.9 Å². The Bertz CT molecular complexity index is 1290. The fourth-order valence-corrected chi connectivity index (χ4v) is 6.44. The molecular formula is C28H27BrF6N2O. The molecule has 204 valence electrons. The van der Waals surface area contributed by atoms with Gasteiger partial charge in [-0.3, -0.25) is 4.98 Å². The Balaban J connectivity index is 0.00000336. The lowest BCUT2D eigenvalue weighted by Crippen LogP contribution is -3.00. The number of aliphatic hydroxyl groups is 1. The van der Waals surface area contributed by atoms with E-state index in [-0.39, 0.29) is 51.5 Å². The zero-order chi connectivity index (χ0) is 26.6. The molecule has 0 aliphatic carbocycles. The van der Waals surface area contributed by atoms with Gasteiger partial charge in [-0.2, -0.15) is 26.3 Å². The number of hydrogen-bond acceptors (Lipinski definition) is 2. The first-order valence-corrected chi connectivity index (χ1v) is 12.2. The number of piperidine rings is 3. The summed E-state index contributed by atoms with van der Waals surface area (Å²) in [7, 11) is 0. The van der Waals surface area contributed by atoms with Gasteiger partial charge >= 0.3 is 12.4 Å². The molecule has 2 aromatic carbocycles. The summed E-state index contributed by atoms with van der Waals surface area (Å²) in [4.78, 5) is 4.35. The number of nitrogens with zero attached hydrogens (tertiary/aromatic N) is 2. The maximum absolute atomic E-state index is 13.6. The molecule has 5 atom stereocenters. The number of hydrogen-bond donors (Lipinski definition) is 1. The van der Waals surface area contributed by atoms with Crippen LogP contribution in [0.4, 0.5) is 26.3 Å². The topological polar surface area (TPSA) is 33.1 Å². The van der Waals surface area contributed by atoms with Gasteiger partial charge in [0, 0.05) is 35.9 Å². The molecule has 0 spiro atoms. The molecule has 3 saturated heterocycles. The Morgan fingerprint density at radius 3 is 2.32 bits per heavy atom. The van der Waals surface area contributed by atoms with Crippen LogP contribution in [-0.4, -0.2) is 33.7 Å². The van der Waals surface area contributed by atoms with E-state index >= 15 is 0 Å². The van der Waals surface area contributed by atoms with Crippen molar-refractivity contribution in [3.63, 3.8) is 0 Å². The molecule has 3 aromatic rings.